The van der Waals surface area contributed by atoms with Crippen LogP contribution in [0.25, 0.3) is 21.0 Å². The minimum atomic E-state index is 0.112. The standard InChI is InChI=1S/C12H16N2.C12H14S/c1-12(2,3)11-9-7-5-6-8-10(9)14(4)13-11;1-12(2,3)11-8-9-6-4-5-7-10(9)13-11/h5-8H,1-4H3;4-8H,1-3H3. The van der Waals surface area contributed by atoms with E-state index in [1.807, 2.05) is 23.1 Å². The largest absolute Gasteiger partial charge is 0.268 e. The summed E-state index contributed by atoms with van der Waals surface area (Å²) < 4.78 is 3.35. The smallest absolute Gasteiger partial charge is 0.0756 e. The molecule has 0 amide bonds. The molecule has 0 unspecified atom stereocenters. The second kappa shape index (κ2) is 7.12. The van der Waals surface area contributed by atoms with Gasteiger partial charge in [0.25, 0.3) is 0 Å². The SMILES string of the molecule is CC(C)(C)c1cc2ccccc2s1.Cn1nc(C(C)(C)C)c2ccccc21. The van der Waals surface area contributed by atoms with E-state index in [1.54, 1.807) is 0 Å². The summed E-state index contributed by atoms with van der Waals surface area (Å²) in [5.41, 5.74) is 2.78. The summed E-state index contributed by atoms with van der Waals surface area (Å²) in [5, 5.41) is 7.22. The summed E-state index contributed by atoms with van der Waals surface area (Å²) in [7, 11) is 2.00. The first kappa shape index (κ1) is 19.6. The van der Waals surface area contributed by atoms with Gasteiger partial charge in [0.2, 0.25) is 0 Å². The van der Waals surface area contributed by atoms with Gasteiger partial charge in [0.1, 0.15) is 0 Å². The van der Waals surface area contributed by atoms with Crippen molar-refractivity contribution < 1.29 is 0 Å². The Morgan fingerprint density at radius 3 is 2.07 bits per heavy atom. The van der Waals surface area contributed by atoms with E-state index in [-0.39, 0.29) is 10.8 Å². The maximum atomic E-state index is 4.58. The Morgan fingerprint density at radius 1 is 0.815 bits per heavy atom. The number of hydrogen-bond acceptors (Lipinski definition) is 2. The Kier molecular flexibility index (Phi) is 5.18. The summed E-state index contributed by atoms with van der Waals surface area (Å²) in [5.74, 6) is 0. The summed E-state index contributed by atoms with van der Waals surface area (Å²) in [4.78, 5) is 1.47. The fourth-order valence-electron chi connectivity index (χ4n) is 3.12. The number of fused-ring (bicyclic) bond motifs is 2. The van der Waals surface area contributed by atoms with Crippen LogP contribution in [0.3, 0.4) is 0 Å². The molecule has 2 aromatic carbocycles. The van der Waals surface area contributed by atoms with Crippen molar-refractivity contribution >= 4 is 32.3 Å². The fraction of sp³-hybridized carbons (Fsp3) is 0.375. The second-order valence-corrected chi connectivity index (χ2v) is 10.2. The van der Waals surface area contributed by atoms with Crippen LogP contribution in [0, 0.1) is 0 Å². The predicted octanol–water partition coefficient (Wildman–Crippen LogP) is 7.07. The lowest BCUT2D eigenvalue weighted by molar-refractivity contribution is 0.558. The molecule has 0 spiro atoms. The number of hydrogen-bond donors (Lipinski definition) is 0. The Bertz CT molecular complexity index is 1020. The van der Waals surface area contributed by atoms with Crippen molar-refractivity contribution in [2.75, 3.05) is 0 Å². The van der Waals surface area contributed by atoms with Crippen LogP contribution in [0.5, 0.6) is 0 Å². The van der Waals surface area contributed by atoms with Crippen molar-refractivity contribution in [3.8, 4) is 0 Å². The molecule has 0 aliphatic carbocycles. The molecule has 27 heavy (non-hydrogen) atoms. The first-order valence-electron chi connectivity index (χ1n) is 9.48. The fourth-order valence-corrected chi connectivity index (χ4v) is 4.24. The number of para-hydroxylation sites is 1. The molecule has 0 aliphatic rings. The molecule has 2 nitrogen and oxygen atoms in total. The van der Waals surface area contributed by atoms with E-state index in [9.17, 15) is 0 Å². The van der Waals surface area contributed by atoms with Crippen LogP contribution in [0.15, 0.2) is 54.6 Å². The van der Waals surface area contributed by atoms with Gasteiger partial charge >= 0.3 is 0 Å². The maximum Gasteiger partial charge on any atom is 0.0756 e. The molecule has 142 valence electrons. The van der Waals surface area contributed by atoms with Gasteiger partial charge in [0.15, 0.2) is 0 Å². The highest BCUT2D eigenvalue weighted by atomic mass is 32.1. The van der Waals surface area contributed by atoms with Crippen molar-refractivity contribution in [1.29, 1.82) is 0 Å². The average Bonchev–Trinajstić information content (AvgIpc) is 3.17. The van der Waals surface area contributed by atoms with Crippen LogP contribution in [-0.2, 0) is 17.9 Å². The molecule has 2 heterocycles. The third-order valence-corrected chi connectivity index (χ3v) is 6.17. The molecule has 4 rings (SSSR count). The highest BCUT2D eigenvalue weighted by Crippen LogP contribution is 2.33. The number of thiophene rings is 1. The van der Waals surface area contributed by atoms with E-state index < -0.39 is 0 Å². The normalized spacial score (nSPS) is 12.3. The lowest BCUT2D eigenvalue weighted by Gasteiger charge is -2.15. The summed E-state index contributed by atoms with van der Waals surface area (Å²) in [6, 6.07) is 19.2. The number of benzene rings is 2. The molecule has 0 atom stereocenters. The van der Waals surface area contributed by atoms with Gasteiger partial charge in [-0.2, -0.15) is 5.10 Å². The molecule has 0 saturated carbocycles. The van der Waals surface area contributed by atoms with Gasteiger partial charge in [-0.15, -0.1) is 11.3 Å². The van der Waals surface area contributed by atoms with Gasteiger partial charge in [0, 0.05) is 27.4 Å². The van der Waals surface area contributed by atoms with E-state index in [0.717, 1.165) is 0 Å². The molecule has 3 heteroatoms. The van der Waals surface area contributed by atoms with E-state index in [0.29, 0.717) is 0 Å². The van der Waals surface area contributed by atoms with Gasteiger partial charge in [-0.25, -0.2) is 0 Å². The number of aryl methyl sites for hydroxylation is 1. The second-order valence-electron chi connectivity index (χ2n) is 9.14. The number of aromatic nitrogens is 2. The molecule has 0 bridgehead atoms. The van der Waals surface area contributed by atoms with Gasteiger partial charge in [0.05, 0.1) is 11.2 Å². The minimum Gasteiger partial charge on any atom is -0.268 e. The van der Waals surface area contributed by atoms with Gasteiger partial charge in [-0.1, -0.05) is 77.9 Å². The van der Waals surface area contributed by atoms with Gasteiger partial charge < -0.3 is 0 Å². The van der Waals surface area contributed by atoms with Gasteiger partial charge in [-0.05, 0) is 29.0 Å². The monoisotopic (exact) mass is 378 g/mol. The van der Waals surface area contributed by atoms with E-state index >= 15 is 0 Å². The van der Waals surface area contributed by atoms with Crippen LogP contribution in [-0.4, -0.2) is 9.78 Å². The molecule has 2 aromatic heterocycles. The quantitative estimate of drug-likeness (QED) is 0.320. The van der Waals surface area contributed by atoms with Crippen molar-refractivity contribution in [3.05, 3.63) is 65.2 Å². The Labute approximate surface area is 166 Å². The zero-order chi connectivity index (χ0) is 19.8. The average molecular weight is 379 g/mol. The number of rotatable bonds is 0. The van der Waals surface area contributed by atoms with E-state index in [2.05, 4.69) is 101 Å². The first-order valence-corrected chi connectivity index (χ1v) is 10.3. The summed E-state index contributed by atoms with van der Waals surface area (Å²) >= 11 is 1.90. The lowest BCUT2D eigenvalue weighted by Crippen LogP contribution is -2.12. The minimum absolute atomic E-state index is 0.112. The van der Waals surface area contributed by atoms with E-state index in [4.69, 9.17) is 0 Å². The Hall–Kier alpha value is -2.13. The molecule has 0 aliphatic heterocycles. The van der Waals surface area contributed by atoms with Crippen molar-refractivity contribution in [2.24, 2.45) is 7.05 Å². The molecule has 0 fully saturated rings. The molecular weight excluding hydrogens is 348 g/mol. The first-order chi connectivity index (χ1) is 12.6. The van der Waals surface area contributed by atoms with Crippen molar-refractivity contribution in [3.63, 3.8) is 0 Å². The molecule has 4 aromatic rings. The lowest BCUT2D eigenvalue weighted by atomic mass is 9.90. The number of nitrogens with zero attached hydrogens (tertiary/aromatic N) is 2. The summed E-state index contributed by atoms with van der Waals surface area (Å²) in [6.07, 6.45) is 0. The Morgan fingerprint density at radius 2 is 1.44 bits per heavy atom. The van der Waals surface area contributed by atoms with Crippen molar-refractivity contribution in [2.45, 2.75) is 52.4 Å². The van der Waals surface area contributed by atoms with Crippen LogP contribution >= 0.6 is 11.3 Å². The highest BCUT2D eigenvalue weighted by molar-refractivity contribution is 7.19. The van der Waals surface area contributed by atoms with Crippen LogP contribution in [0.1, 0.15) is 52.1 Å². The zero-order valence-electron chi connectivity index (χ0n) is 17.5. The predicted molar refractivity (Wildman–Crippen MR) is 120 cm³/mol. The zero-order valence-corrected chi connectivity index (χ0v) is 18.3. The van der Waals surface area contributed by atoms with Crippen LogP contribution < -0.4 is 0 Å². The topological polar surface area (TPSA) is 17.8 Å². The Balaban J connectivity index is 0.000000156. The molecule has 0 saturated heterocycles. The molecule has 0 radical (unpaired) electrons. The van der Waals surface area contributed by atoms with Crippen LogP contribution in [0.2, 0.25) is 0 Å². The maximum absolute atomic E-state index is 4.58. The van der Waals surface area contributed by atoms with E-state index in [1.165, 1.54) is 31.6 Å². The summed E-state index contributed by atoms with van der Waals surface area (Å²) in [6.45, 7) is 13.4. The molecule has 0 N–H and O–H groups in total. The molecular formula is C24H30N2S. The third kappa shape index (κ3) is 4.24. The van der Waals surface area contributed by atoms with Crippen LogP contribution in [0.4, 0.5) is 0 Å². The third-order valence-electron chi connectivity index (χ3n) is 4.63. The van der Waals surface area contributed by atoms with Gasteiger partial charge in [-0.3, -0.25) is 4.68 Å². The van der Waals surface area contributed by atoms with Crippen molar-refractivity contribution in [1.82, 2.24) is 9.78 Å². The highest BCUT2D eigenvalue weighted by Gasteiger charge is 2.21.